The molecule has 1 fully saturated rings. The van der Waals surface area contributed by atoms with Crippen LogP contribution in [0.1, 0.15) is 50.4 Å². The summed E-state index contributed by atoms with van der Waals surface area (Å²) >= 11 is 0. The fourth-order valence-electron chi connectivity index (χ4n) is 4.89. The van der Waals surface area contributed by atoms with E-state index in [0.29, 0.717) is 6.54 Å². The minimum absolute atomic E-state index is 0.149. The van der Waals surface area contributed by atoms with Gasteiger partial charge in [-0.05, 0) is 56.9 Å². The van der Waals surface area contributed by atoms with Gasteiger partial charge in [-0.25, -0.2) is 0 Å². The fraction of sp³-hybridized carbons (Fsp3) is 0.387. The summed E-state index contributed by atoms with van der Waals surface area (Å²) in [6.07, 6.45) is 0. The number of ether oxygens (including phenoxy) is 1. The summed E-state index contributed by atoms with van der Waals surface area (Å²) in [5, 5.41) is 0. The van der Waals surface area contributed by atoms with Gasteiger partial charge in [0, 0.05) is 25.7 Å². The molecule has 1 aliphatic rings. The van der Waals surface area contributed by atoms with E-state index < -0.39 is 5.60 Å². The normalized spacial score (nSPS) is 18.3. The molecule has 4 rings (SSSR count). The zero-order chi connectivity index (χ0) is 25.0. The molecule has 0 spiro atoms. The number of carbonyl (C=O) groups is 1. The third-order valence-electron chi connectivity index (χ3n) is 6.64. The smallest absolute Gasteiger partial charge is 0.320 e. The van der Waals surface area contributed by atoms with Gasteiger partial charge in [0.15, 0.2) is 0 Å². The maximum atomic E-state index is 12.4. The van der Waals surface area contributed by atoms with Gasteiger partial charge in [-0.3, -0.25) is 14.6 Å². The number of hydrogen-bond donors (Lipinski definition) is 0. The average molecular weight is 471 g/mol. The summed E-state index contributed by atoms with van der Waals surface area (Å²) < 4.78 is 5.56. The van der Waals surface area contributed by atoms with E-state index in [0.717, 1.165) is 19.6 Å². The molecule has 3 aromatic rings. The van der Waals surface area contributed by atoms with E-state index in [1.807, 2.05) is 20.8 Å². The lowest BCUT2D eigenvalue weighted by Crippen LogP contribution is -2.54. The van der Waals surface area contributed by atoms with E-state index in [1.165, 1.54) is 27.8 Å². The average Bonchev–Trinajstić information content (AvgIpc) is 2.81. The van der Waals surface area contributed by atoms with Crippen molar-refractivity contribution in [1.82, 2.24) is 9.80 Å². The molecule has 0 amide bonds. The first kappa shape index (κ1) is 25.2. The van der Waals surface area contributed by atoms with E-state index in [1.54, 1.807) is 0 Å². The topological polar surface area (TPSA) is 32.8 Å². The van der Waals surface area contributed by atoms with E-state index in [4.69, 9.17) is 4.74 Å². The molecule has 0 aliphatic carbocycles. The van der Waals surface area contributed by atoms with Gasteiger partial charge in [-0.1, -0.05) is 84.4 Å². The number of hydrogen-bond acceptors (Lipinski definition) is 4. The first-order valence-electron chi connectivity index (χ1n) is 12.6. The maximum Gasteiger partial charge on any atom is 0.320 e. The molecular weight excluding hydrogens is 432 g/mol. The van der Waals surface area contributed by atoms with Crippen LogP contribution in [0.2, 0.25) is 0 Å². The quantitative estimate of drug-likeness (QED) is 0.408. The van der Waals surface area contributed by atoms with Crippen molar-refractivity contribution in [2.75, 3.05) is 26.2 Å². The van der Waals surface area contributed by atoms with Crippen LogP contribution in [0.4, 0.5) is 0 Å². The Hall–Kier alpha value is -2.95. The lowest BCUT2D eigenvalue weighted by molar-refractivity contribution is -0.157. The van der Waals surface area contributed by atoms with Crippen LogP contribution < -0.4 is 0 Å². The minimum Gasteiger partial charge on any atom is -0.459 e. The molecular formula is C31H38N2O2. The maximum absolute atomic E-state index is 12.4. The third-order valence-corrected chi connectivity index (χ3v) is 6.64. The Morgan fingerprint density at radius 3 is 2.03 bits per heavy atom. The zero-order valence-corrected chi connectivity index (χ0v) is 21.7. The van der Waals surface area contributed by atoms with E-state index in [-0.39, 0.29) is 18.1 Å². The Labute approximate surface area is 210 Å². The van der Waals surface area contributed by atoms with Crippen molar-refractivity contribution < 1.29 is 9.53 Å². The molecule has 1 saturated heterocycles. The summed E-state index contributed by atoms with van der Waals surface area (Å²) in [6, 6.07) is 28.9. The molecule has 4 nitrogen and oxygen atoms in total. The van der Waals surface area contributed by atoms with Gasteiger partial charge in [-0.2, -0.15) is 0 Å². The highest BCUT2D eigenvalue weighted by atomic mass is 16.6. The highest BCUT2D eigenvalue weighted by Gasteiger charge is 2.32. The van der Waals surface area contributed by atoms with Gasteiger partial charge in [0.05, 0.1) is 12.6 Å². The highest BCUT2D eigenvalue weighted by Crippen LogP contribution is 2.32. The van der Waals surface area contributed by atoms with Crippen molar-refractivity contribution in [2.45, 2.75) is 52.3 Å². The van der Waals surface area contributed by atoms with Gasteiger partial charge in [-0.15, -0.1) is 0 Å². The second-order valence-electron chi connectivity index (χ2n) is 10.7. The Morgan fingerprint density at radius 2 is 1.46 bits per heavy atom. The molecule has 1 heterocycles. The second-order valence-corrected chi connectivity index (χ2v) is 10.7. The predicted octanol–water partition coefficient (Wildman–Crippen LogP) is 6.10. The summed E-state index contributed by atoms with van der Waals surface area (Å²) in [5.41, 5.74) is 5.88. The predicted molar refractivity (Wildman–Crippen MR) is 143 cm³/mol. The molecule has 2 atom stereocenters. The van der Waals surface area contributed by atoms with Crippen molar-refractivity contribution in [1.29, 1.82) is 0 Å². The lowest BCUT2D eigenvalue weighted by atomic mass is 9.93. The molecule has 0 saturated carbocycles. The molecule has 0 aromatic heterocycles. The standard InChI is InChI=1S/C31H38N2O2/c1-23-11-13-25(14-12-23)26-15-17-28(18-16-26)30(27-9-7-6-8-10-27)33-20-19-32(24(2)21-33)22-29(34)35-31(3,4)5/h6-18,24,30H,19-22H2,1-5H3/t24-,30-/m1/s1. The van der Waals surface area contributed by atoms with E-state index in [9.17, 15) is 4.79 Å². The van der Waals surface area contributed by atoms with Crippen molar-refractivity contribution in [3.8, 4) is 11.1 Å². The number of aryl methyl sites for hydroxylation is 1. The van der Waals surface area contributed by atoms with Crippen LogP contribution in [0.5, 0.6) is 0 Å². The molecule has 184 valence electrons. The molecule has 1 aliphatic heterocycles. The Balaban J connectivity index is 1.52. The molecule has 0 N–H and O–H groups in total. The molecule has 3 aromatic carbocycles. The van der Waals surface area contributed by atoms with Gasteiger partial charge in [0.25, 0.3) is 0 Å². The van der Waals surface area contributed by atoms with Gasteiger partial charge in [0.1, 0.15) is 5.60 Å². The highest BCUT2D eigenvalue weighted by molar-refractivity contribution is 5.72. The number of nitrogens with zero attached hydrogens (tertiary/aromatic N) is 2. The van der Waals surface area contributed by atoms with Crippen LogP contribution in [0.15, 0.2) is 78.9 Å². The Bertz CT molecular complexity index is 1100. The lowest BCUT2D eigenvalue weighted by Gasteiger charge is -2.43. The second kappa shape index (κ2) is 10.8. The Morgan fingerprint density at radius 1 is 0.886 bits per heavy atom. The summed E-state index contributed by atoms with van der Waals surface area (Å²) in [7, 11) is 0. The van der Waals surface area contributed by atoms with E-state index in [2.05, 4.69) is 103 Å². The van der Waals surface area contributed by atoms with Crippen LogP contribution in [0.25, 0.3) is 11.1 Å². The largest absolute Gasteiger partial charge is 0.459 e. The summed E-state index contributed by atoms with van der Waals surface area (Å²) in [4.78, 5) is 17.2. The van der Waals surface area contributed by atoms with E-state index >= 15 is 0 Å². The van der Waals surface area contributed by atoms with Gasteiger partial charge < -0.3 is 4.74 Å². The van der Waals surface area contributed by atoms with Crippen LogP contribution >= 0.6 is 0 Å². The zero-order valence-electron chi connectivity index (χ0n) is 21.7. The SMILES string of the molecule is Cc1ccc(-c2ccc([C@@H](c3ccccc3)N3CCN(CC(=O)OC(C)(C)C)[C@H](C)C3)cc2)cc1. The van der Waals surface area contributed by atoms with Crippen molar-refractivity contribution in [2.24, 2.45) is 0 Å². The number of piperazine rings is 1. The first-order chi connectivity index (χ1) is 16.7. The third kappa shape index (κ3) is 6.59. The minimum atomic E-state index is -0.453. The van der Waals surface area contributed by atoms with Crippen molar-refractivity contribution in [3.05, 3.63) is 95.6 Å². The van der Waals surface area contributed by atoms with Gasteiger partial charge >= 0.3 is 5.97 Å². The van der Waals surface area contributed by atoms with Crippen LogP contribution in [-0.4, -0.2) is 53.6 Å². The fourth-order valence-corrected chi connectivity index (χ4v) is 4.89. The summed E-state index contributed by atoms with van der Waals surface area (Å²) in [5.74, 6) is -0.149. The molecule has 0 bridgehead atoms. The molecule has 35 heavy (non-hydrogen) atoms. The number of rotatable bonds is 6. The van der Waals surface area contributed by atoms with Crippen LogP contribution in [0.3, 0.4) is 0 Å². The van der Waals surface area contributed by atoms with Crippen LogP contribution in [-0.2, 0) is 9.53 Å². The van der Waals surface area contributed by atoms with Gasteiger partial charge in [0.2, 0.25) is 0 Å². The molecule has 4 heteroatoms. The monoisotopic (exact) mass is 470 g/mol. The Kier molecular flexibility index (Phi) is 7.73. The number of carbonyl (C=O) groups excluding carboxylic acids is 1. The van der Waals surface area contributed by atoms with Crippen molar-refractivity contribution in [3.63, 3.8) is 0 Å². The number of esters is 1. The number of benzene rings is 3. The van der Waals surface area contributed by atoms with Crippen molar-refractivity contribution >= 4 is 5.97 Å². The molecule has 0 unspecified atom stereocenters. The molecule has 0 radical (unpaired) electrons. The van der Waals surface area contributed by atoms with Crippen LogP contribution in [0, 0.1) is 6.92 Å². The first-order valence-corrected chi connectivity index (χ1v) is 12.6. The summed E-state index contributed by atoms with van der Waals surface area (Å²) in [6.45, 7) is 13.0.